The summed E-state index contributed by atoms with van der Waals surface area (Å²) in [5.74, 6) is -0.425. The van der Waals surface area contributed by atoms with Gasteiger partial charge < -0.3 is 34.4 Å². The van der Waals surface area contributed by atoms with E-state index >= 15 is 0 Å². The Morgan fingerprint density at radius 2 is 1.21 bits per heavy atom. The lowest BCUT2D eigenvalue weighted by Gasteiger charge is -2.20. The standard InChI is InChI=1S/C36H66O14P2/c1-4-5-6-7-8-13-18-23-32(37)24-19-14-11-16-21-26-36(40)50-34(29-46-35(39)25-20-15-10-9-12-17-22-31(2)3)30-49-52(44,45)48-28-33(38)27-47-51(41,42)43/h5-6,8,13,18,23,31-34,37-38H,4,7,9-12,14-17,19-22,24-30H2,1-3H3,(H,44,45)(H2,41,42,43)/b6-5+,13-8+,23-18+/t32?,33-,34+/m0/s1. The van der Waals surface area contributed by atoms with E-state index in [-0.39, 0.29) is 12.8 Å². The van der Waals surface area contributed by atoms with E-state index in [0.717, 1.165) is 64.2 Å². The molecule has 0 aliphatic heterocycles. The lowest BCUT2D eigenvalue weighted by Crippen LogP contribution is -2.30. The summed E-state index contributed by atoms with van der Waals surface area (Å²) in [6.07, 6.45) is 22.1. The molecule has 0 saturated heterocycles. The number of carbonyl (C=O) groups excluding carboxylic acids is 2. The molecular weight excluding hydrogens is 718 g/mol. The van der Waals surface area contributed by atoms with E-state index in [1.54, 1.807) is 6.08 Å². The predicted molar refractivity (Wildman–Crippen MR) is 199 cm³/mol. The molecule has 304 valence electrons. The molecule has 52 heavy (non-hydrogen) atoms. The van der Waals surface area contributed by atoms with Gasteiger partial charge in [0, 0.05) is 12.8 Å². The van der Waals surface area contributed by atoms with E-state index in [0.29, 0.717) is 25.2 Å². The Bertz CT molecular complexity index is 1100. The molecule has 0 rings (SSSR count). The summed E-state index contributed by atoms with van der Waals surface area (Å²) in [4.78, 5) is 52.3. The van der Waals surface area contributed by atoms with Gasteiger partial charge in [0.2, 0.25) is 0 Å². The number of phosphoric ester groups is 2. The summed E-state index contributed by atoms with van der Waals surface area (Å²) in [5, 5.41) is 19.8. The highest BCUT2D eigenvalue weighted by atomic mass is 31.2. The van der Waals surface area contributed by atoms with Crippen molar-refractivity contribution in [3.8, 4) is 0 Å². The van der Waals surface area contributed by atoms with Crippen LogP contribution < -0.4 is 0 Å². The number of aliphatic hydroxyl groups is 2. The topological polar surface area (TPSA) is 216 Å². The van der Waals surface area contributed by atoms with Crippen LogP contribution in [0.4, 0.5) is 0 Å². The monoisotopic (exact) mass is 784 g/mol. The van der Waals surface area contributed by atoms with Crippen molar-refractivity contribution in [1.29, 1.82) is 0 Å². The molecular formula is C36H66O14P2. The van der Waals surface area contributed by atoms with Crippen molar-refractivity contribution in [2.24, 2.45) is 5.92 Å². The first-order valence-electron chi connectivity index (χ1n) is 18.6. The van der Waals surface area contributed by atoms with E-state index < -0.39 is 72.3 Å². The molecule has 0 aromatic carbocycles. The SMILES string of the molecule is CC/C=C/C/C=C/C=C/C(O)CCCCCCCC(=O)O[C@H](COC(=O)CCCCCCCCC(C)C)COP(=O)(O)OC[C@@H](O)COP(=O)(O)O. The summed E-state index contributed by atoms with van der Waals surface area (Å²) in [6, 6.07) is 0. The molecule has 0 radical (unpaired) electrons. The van der Waals surface area contributed by atoms with Gasteiger partial charge >= 0.3 is 27.6 Å². The molecule has 0 aliphatic carbocycles. The highest BCUT2D eigenvalue weighted by molar-refractivity contribution is 7.47. The van der Waals surface area contributed by atoms with Gasteiger partial charge in [-0.25, -0.2) is 9.13 Å². The second-order valence-corrected chi connectivity index (χ2v) is 15.8. The zero-order valence-corrected chi connectivity index (χ0v) is 33.2. The largest absolute Gasteiger partial charge is 0.472 e. The molecule has 4 atom stereocenters. The minimum absolute atomic E-state index is 0.0613. The number of phosphoric acid groups is 2. The summed E-state index contributed by atoms with van der Waals surface area (Å²) >= 11 is 0. The number of esters is 2. The normalized spacial score (nSPS) is 15.4. The average molecular weight is 785 g/mol. The van der Waals surface area contributed by atoms with Crippen LogP contribution in [0.1, 0.15) is 130 Å². The maximum absolute atomic E-state index is 12.6. The Labute approximate surface area is 310 Å². The number of hydrogen-bond donors (Lipinski definition) is 5. The van der Waals surface area contributed by atoms with Gasteiger partial charge in [-0.05, 0) is 38.0 Å². The first-order chi connectivity index (χ1) is 24.6. The highest BCUT2D eigenvalue weighted by Crippen LogP contribution is 2.43. The number of hydrogen-bond acceptors (Lipinski definition) is 11. The van der Waals surface area contributed by atoms with Crippen molar-refractivity contribution in [2.45, 2.75) is 148 Å². The molecule has 0 fully saturated rings. The Balaban J connectivity index is 4.68. The lowest BCUT2D eigenvalue weighted by molar-refractivity contribution is -0.161. The Morgan fingerprint density at radius 3 is 1.83 bits per heavy atom. The number of allylic oxidation sites excluding steroid dienone is 5. The van der Waals surface area contributed by atoms with Crippen molar-refractivity contribution < 1.29 is 66.7 Å². The van der Waals surface area contributed by atoms with Crippen molar-refractivity contribution in [3.05, 3.63) is 36.5 Å². The van der Waals surface area contributed by atoms with Crippen LogP contribution in [0.2, 0.25) is 0 Å². The van der Waals surface area contributed by atoms with E-state index in [2.05, 4.69) is 42.0 Å². The van der Waals surface area contributed by atoms with Crippen LogP contribution in [-0.2, 0) is 41.8 Å². The third-order valence-corrected chi connectivity index (χ3v) is 9.00. The second kappa shape index (κ2) is 31.6. The molecule has 14 nitrogen and oxygen atoms in total. The van der Waals surface area contributed by atoms with Crippen LogP contribution in [0.5, 0.6) is 0 Å². The van der Waals surface area contributed by atoms with Crippen molar-refractivity contribution in [3.63, 3.8) is 0 Å². The maximum atomic E-state index is 12.6. The van der Waals surface area contributed by atoms with E-state index in [9.17, 15) is 33.8 Å². The first kappa shape index (κ1) is 50.3. The number of aliphatic hydroxyl groups excluding tert-OH is 2. The quantitative estimate of drug-likeness (QED) is 0.0142. The van der Waals surface area contributed by atoms with Gasteiger partial charge in [-0.1, -0.05) is 121 Å². The minimum Gasteiger partial charge on any atom is -0.462 e. The first-order valence-corrected chi connectivity index (χ1v) is 21.7. The molecule has 0 aromatic heterocycles. The van der Waals surface area contributed by atoms with Gasteiger partial charge in [0.05, 0.1) is 25.9 Å². The van der Waals surface area contributed by atoms with Gasteiger partial charge in [-0.15, -0.1) is 0 Å². The van der Waals surface area contributed by atoms with Crippen molar-refractivity contribution >= 4 is 27.6 Å². The lowest BCUT2D eigenvalue weighted by atomic mass is 10.0. The van der Waals surface area contributed by atoms with Gasteiger partial charge in [-0.3, -0.25) is 23.2 Å². The fourth-order valence-corrected chi connectivity index (χ4v) is 5.87. The fourth-order valence-electron chi connectivity index (χ4n) is 4.71. The summed E-state index contributed by atoms with van der Waals surface area (Å²) < 4.78 is 47.4. The summed E-state index contributed by atoms with van der Waals surface area (Å²) in [5.41, 5.74) is 0. The third-order valence-electron chi connectivity index (χ3n) is 7.57. The molecule has 0 heterocycles. The van der Waals surface area contributed by atoms with Crippen molar-refractivity contribution in [2.75, 3.05) is 26.4 Å². The van der Waals surface area contributed by atoms with Crippen LogP contribution in [0.25, 0.3) is 0 Å². The zero-order valence-electron chi connectivity index (χ0n) is 31.4. The van der Waals surface area contributed by atoms with Crippen molar-refractivity contribution in [1.82, 2.24) is 0 Å². The predicted octanol–water partition coefficient (Wildman–Crippen LogP) is 7.38. The smallest absolute Gasteiger partial charge is 0.462 e. The fraction of sp³-hybridized carbons (Fsp3) is 0.778. The number of carbonyl (C=O) groups is 2. The molecule has 0 saturated carbocycles. The molecule has 0 bridgehead atoms. The number of unbranched alkanes of at least 4 members (excludes halogenated alkanes) is 9. The average Bonchev–Trinajstić information content (AvgIpc) is 3.07. The second-order valence-electron chi connectivity index (χ2n) is 13.2. The van der Waals surface area contributed by atoms with Crippen LogP contribution in [-0.4, -0.2) is 81.6 Å². The van der Waals surface area contributed by atoms with Crippen LogP contribution in [0.15, 0.2) is 36.5 Å². The minimum atomic E-state index is -4.87. The van der Waals surface area contributed by atoms with E-state index in [4.69, 9.17) is 23.8 Å². The van der Waals surface area contributed by atoms with Crippen LogP contribution >= 0.6 is 15.6 Å². The number of ether oxygens (including phenoxy) is 2. The molecule has 2 unspecified atom stereocenters. The Kier molecular flexibility index (Phi) is 30.6. The van der Waals surface area contributed by atoms with Crippen LogP contribution in [0.3, 0.4) is 0 Å². The summed E-state index contributed by atoms with van der Waals surface area (Å²) in [7, 11) is -9.69. The van der Waals surface area contributed by atoms with Gasteiger partial charge in [-0.2, -0.15) is 0 Å². The Hall–Kier alpha value is -1.70. The number of rotatable bonds is 34. The molecule has 0 spiro atoms. The molecule has 0 aliphatic rings. The van der Waals surface area contributed by atoms with Gasteiger partial charge in [0.15, 0.2) is 6.10 Å². The van der Waals surface area contributed by atoms with Gasteiger partial charge in [0.1, 0.15) is 12.7 Å². The van der Waals surface area contributed by atoms with Gasteiger partial charge in [0.25, 0.3) is 0 Å². The molecule has 5 N–H and O–H groups in total. The molecule has 16 heteroatoms. The van der Waals surface area contributed by atoms with E-state index in [1.165, 1.54) is 12.8 Å². The Morgan fingerprint density at radius 1 is 0.654 bits per heavy atom. The highest BCUT2D eigenvalue weighted by Gasteiger charge is 2.28. The molecule has 0 aromatic rings. The third kappa shape index (κ3) is 35.3. The maximum Gasteiger partial charge on any atom is 0.472 e. The van der Waals surface area contributed by atoms with E-state index in [1.807, 2.05) is 18.2 Å². The molecule has 0 amide bonds. The zero-order chi connectivity index (χ0) is 39.1. The summed E-state index contributed by atoms with van der Waals surface area (Å²) in [6.45, 7) is 3.69. The van der Waals surface area contributed by atoms with Crippen LogP contribution in [0, 0.1) is 5.92 Å².